The predicted octanol–water partition coefficient (Wildman–Crippen LogP) is 2.03. The first kappa shape index (κ1) is 13.6. The molecule has 1 aromatic heterocycles. The molecule has 0 atom stereocenters. The molecule has 0 saturated heterocycles. The number of thioether (sulfide) groups is 1. The minimum absolute atomic E-state index is 0.731. The highest BCUT2D eigenvalue weighted by atomic mass is 32.2. The normalized spacial score (nSPS) is 14.7. The summed E-state index contributed by atoms with van der Waals surface area (Å²) in [5.41, 5.74) is 2.59. The molecule has 0 spiro atoms. The van der Waals surface area contributed by atoms with Gasteiger partial charge in [0.05, 0.1) is 6.54 Å². The Bertz CT molecular complexity index is 564. The van der Waals surface area contributed by atoms with Gasteiger partial charge < -0.3 is 5.32 Å². The van der Waals surface area contributed by atoms with E-state index in [1.165, 1.54) is 24.0 Å². The molecule has 106 valence electrons. The van der Waals surface area contributed by atoms with Gasteiger partial charge in [0.2, 0.25) is 5.16 Å². The molecule has 1 aliphatic rings. The third kappa shape index (κ3) is 3.80. The highest BCUT2D eigenvalue weighted by Crippen LogP contribution is 2.21. The van der Waals surface area contributed by atoms with Crippen LogP contribution in [0.3, 0.4) is 0 Å². The zero-order valence-electron chi connectivity index (χ0n) is 11.6. The van der Waals surface area contributed by atoms with E-state index >= 15 is 0 Å². The lowest BCUT2D eigenvalue weighted by atomic mass is 10.2. The number of rotatable bonds is 7. The molecule has 2 aromatic rings. The largest absolute Gasteiger partial charge is 0.312 e. The number of nitrogens with zero attached hydrogens (tertiary/aromatic N) is 4. The third-order valence-corrected chi connectivity index (χ3v) is 4.31. The van der Waals surface area contributed by atoms with Gasteiger partial charge >= 0.3 is 0 Å². The summed E-state index contributed by atoms with van der Waals surface area (Å²) in [7, 11) is 0. The van der Waals surface area contributed by atoms with Crippen molar-refractivity contribution in [2.24, 2.45) is 0 Å². The fraction of sp³-hybridized carbons (Fsp3) is 0.500. The van der Waals surface area contributed by atoms with Crippen LogP contribution in [0.2, 0.25) is 0 Å². The number of hydrogen-bond acceptors (Lipinski definition) is 5. The Balaban J connectivity index is 1.52. The second-order valence-electron chi connectivity index (χ2n) is 5.19. The molecule has 5 nitrogen and oxygen atoms in total. The Kier molecular flexibility index (Phi) is 4.32. The van der Waals surface area contributed by atoms with E-state index in [1.807, 2.05) is 4.68 Å². The lowest BCUT2D eigenvalue weighted by molar-refractivity contribution is 0.509. The van der Waals surface area contributed by atoms with E-state index in [9.17, 15) is 0 Å². The van der Waals surface area contributed by atoms with Crippen LogP contribution < -0.4 is 5.32 Å². The number of aromatic nitrogens is 4. The predicted molar refractivity (Wildman–Crippen MR) is 79.6 cm³/mol. The van der Waals surface area contributed by atoms with Gasteiger partial charge in [0.25, 0.3) is 0 Å². The van der Waals surface area contributed by atoms with Gasteiger partial charge in [0.15, 0.2) is 0 Å². The summed E-state index contributed by atoms with van der Waals surface area (Å²) in [6, 6.07) is 9.28. The van der Waals surface area contributed by atoms with Crippen molar-refractivity contribution in [3.05, 3.63) is 35.4 Å². The quantitative estimate of drug-likeness (QED) is 0.790. The lowest BCUT2D eigenvalue weighted by Gasteiger charge is -2.05. The molecule has 0 unspecified atom stereocenters. The van der Waals surface area contributed by atoms with Crippen LogP contribution in [-0.2, 0) is 12.3 Å². The summed E-state index contributed by atoms with van der Waals surface area (Å²) < 4.78 is 1.88. The van der Waals surface area contributed by atoms with Gasteiger partial charge in [-0.15, -0.1) is 5.10 Å². The maximum atomic E-state index is 4.10. The molecule has 1 aromatic carbocycles. The Morgan fingerprint density at radius 3 is 3.10 bits per heavy atom. The Labute approximate surface area is 123 Å². The van der Waals surface area contributed by atoms with Crippen LogP contribution in [0, 0.1) is 6.92 Å². The van der Waals surface area contributed by atoms with Gasteiger partial charge in [-0.2, -0.15) is 0 Å². The molecular formula is C14H19N5S. The van der Waals surface area contributed by atoms with Crippen LogP contribution in [0.5, 0.6) is 0 Å². The molecule has 3 rings (SSSR count). The summed E-state index contributed by atoms with van der Waals surface area (Å²) in [5.74, 6) is 0.901. The molecule has 20 heavy (non-hydrogen) atoms. The minimum atomic E-state index is 0.731. The third-order valence-electron chi connectivity index (χ3n) is 3.28. The standard InChI is InChI=1S/C14H19N5S/c1-11-3-2-4-12(9-11)10-20-14-16-17-18-19(14)8-7-15-13-5-6-13/h2-4,9,13,15H,5-8,10H2,1H3. The van der Waals surface area contributed by atoms with E-state index in [2.05, 4.69) is 52.0 Å². The van der Waals surface area contributed by atoms with Gasteiger partial charge in [-0.05, 0) is 35.8 Å². The number of tetrazole rings is 1. The van der Waals surface area contributed by atoms with E-state index in [0.29, 0.717) is 0 Å². The van der Waals surface area contributed by atoms with Gasteiger partial charge in [-0.3, -0.25) is 0 Å². The average Bonchev–Trinajstić information content (AvgIpc) is 3.15. The van der Waals surface area contributed by atoms with E-state index in [4.69, 9.17) is 0 Å². The molecular weight excluding hydrogens is 270 g/mol. The SMILES string of the molecule is Cc1cccc(CSc2nnnn2CCNC2CC2)c1. The number of aryl methyl sites for hydroxylation is 1. The Morgan fingerprint density at radius 2 is 2.30 bits per heavy atom. The fourth-order valence-corrected chi connectivity index (χ4v) is 2.90. The summed E-state index contributed by atoms with van der Waals surface area (Å²) >= 11 is 1.69. The smallest absolute Gasteiger partial charge is 0.209 e. The molecule has 1 aliphatic carbocycles. The van der Waals surface area contributed by atoms with Crippen molar-refractivity contribution >= 4 is 11.8 Å². The van der Waals surface area contributed by atoms with E-state index in [1.54, 1.807) is 11.8 Å². The first-order chi connectivity index (χ1) is 9.81. The maximum absolute atomic E-state index is 4.10. The van der Waals surface area contributed by atoms with E-state index in [-0.39, 0.29) is 0 Å². The first-order valence-corrected chi connectivity index (χ1v) is 7.98. The van der Waals surface area contributed by atoms with Crippen molar-refractivity contribution in [2.45, 2.75) is 43.3 Å². The number of benzene rings is 1. The second-order valence-corrected chi connectivity index (χ2v) is 6.13. The monoisotopic (exact) mass is 289 g/mol. The summed E-state index contributed by atoms with van der Waals surface area (Å²) in [4.78, 5) is 0. The number of hydrogen-bond donors (Lipinski definition) is 1. The van der Waals surface area contributed by atoms with Crippen molar-refractivity contribution in [3.63, 3.8) is 0 Å². The second kappa shape index (κ2) is 6.37. The van der Waals surface area contributed by atoms with Crippen molar-refractivity contribution in [2.75, 3.05) is 6.54 Å². The van der Waals surface area contributed by atoms with Crippen molar-refractivity contribution < 1.29 is 0 Å². The van der Waals surface area contributed by atoms with Crippen molar-refractivity contribution in [1.82, 2.24) is 25.5 Å². The molecule has 0 aliphatic heterocycles. The van der Waals surface area contributed by atoms with Crippen LogP contribution in [0.4, 0.5) is 0 Å². The average molecular weight is 289 g/mol. The van der Waals surface area contributed by atoms with Crippen molar-refractivity contribution in [3.8, 4) is 0 Å². The Hall–Kier alpha value is -1.40. The van der Waals surface area contributed by atoms with Crippen LogP contribution in [0.25, 0.3) is 0 Å². The number of nitrogens with one attached hydrogen (secondary N) is 1. The molecule has 1 saturated carbocycles. The Morgan fingerprint density at radius 1 is 1.40 bits per heavy atom. The lowest BCUT2D eigenvalue weighted by Crippen LogP contribution is -2.22. The zero-order valence-corrected chi connectivity index (χ0v) is 12.4. The molecule has 1 N–H and O–H groups in total. The molecule has 1 heterocycles. The molecule has 1 fully saturated rings. The summed E-state index contributed by atoms with van der Waals surface area (Å²) in [6.45, 7) is 3.88. The molecule has 0 radical (unpaired) electrons. The van der Waals surface area contributed by atoms with Crippen molar-refractivity contribution in [1.29, 1.82) is 0 Å². The van der Waals surface area contributed by atoms with Crippen LogP contribution in [0.15, 0.2) is 29.4 Å². The maximum Gasteiger partial charge on any atom is 0.209 e. The highest BCUT2D eigenvalue weighted by molar-refractivity contribution is 7.98. The van der Waals surface area contributed by atoms with E-state index < -0.39 is 0 Å². The fourth-order valence-electron chi connectivity index (χ4n) is 2.05. The van der Waals surface area contributed by atoms with Crippen LogP contribution in [0.1, 0.15) is 24.0 Å². The summed E-state index contributed by atoms with van der Waals surface area (Å²) in [6.07, 6.45) is 2.62. The zero-order chi connectivity index (χ0) is 13.8. The topological polar surface area (TPSA) is 55.6 Å². The van der Waals surface area contributed by atoms with E-state index in [0.717, 1.165) is 30.0 Å². The molecule has 0 bridgehead atoms. The highest BCUT2D eigenvalue weighted by Gasteiger charge is 2.20. The van der Waals surface area contributed by atoms with Gasteiger partial charge in [0.1, 0.15) is 0 Å². The summed E-state index contributed by atoms with van der Waals surface area (Å²) in [5, 5.41) is 16.3. The first-order valence-electron chi connectivity index (χ1n) is 6.99. The van der Waals surface area contributed by atoms with Crippen LogP contribution in [-0.4, -0.2) is 32.8 Å². The molecule has 6 heteroatoms. The van der Waals surface area contributed by atoms with Gasteiger partial charge in [0, 0.05) is 18.3 Å². The molecule has 0 amide bonds. The van der Waals surface area contributed by atoms with Gasteiger partial charge in [-0.25, -0.2) is 4.68 Å². The minimum Gasteiger partial charge on any atom is -0.312 e. The van der Waals surface area contributed by atoms with Crippen LogP contribution >= 0.6 is 11.8 Å². The van der Waals surface area contributed by atoms with Gasteiger partial charge in [-0.1, -0.05) is 41.6 Å².